The van der Waals surface area contributed by atoms with Crippen molar-refractivity contribution in [1.29, 1.82) is 0 Å². The third-order valence-corrected chi connectivity index (χ3v) is 8.10. The van der Waals surface area contributed by atoms with Gasteiger partial charge in [0.25, 0.3) is 0 Å². The summed E-state index contributed by atoms with van der Waals surface area (Å²) in [7, 11) is 1.81. The second kappa shape index (κ2) is 8.72. The van der Waals surface area contributed by atoms with E-state index in [1.165, 1.54) is 80.3 Å². The number of rotatable bonds is 5. The van der Waals surface area contributed by atoms with E-state index in [1.54, 1.807) is 0 Å². The van der Waals surface area contributed by atoms with Gasteiger partial charge in [0.1, 0.15) is 5.75 Å². The molecule has 5 rings (SSSR count). The Hall–Kier alpha value is -1.84. The lowest BCUT2D eigenvalue weighted by Gasteiger charge is -2.41. The van der Waals surface area contributed by atoms with E-state index in [9.17, 15) is 0 Å². The Morgan fingerprint density at radius 1 is 0.867 bits per heavy atom. The van der Waals surface area contributed by atoms with Crippen molar-refractivity contribution in [3.63, 3.8) is 0 Å². The molecule has 2 saturated carbocycles. The van der Waals surface area contributed by atoms with Crippen LogP contribution >= 0.6 is 0 Å². The van der Waals surface area contributed by atoms with Crippen molar-refractivity contribution >= 4 is 0 Å². The van der Waals surface area contributed by atoms with Crippen LogP contribution in [0.2, 0.25) is 0 Å². The lowest BCUT2D eigenvalue weighted by molar-refractivity contribution is 0.0980. The van der Waals surface area contributed by atoms with Gasteiger partial charge in [-0.15, -0.1) is 0 Å². The van der Waals surface area contributed by atoms with Crippen molar-refractivity contribution in [2.24, 2.45) is 17.6 Å². The van der Waals surface area contributed by atoms with Gasteiger partial charge in [0.2, 0.25) is 0 Å². The molecule has 1 aliphatic heterocycles. The van der Waals surface area contributed by atoms with Gasteiger partial charge in [-0.05, 0) is 97.3 Å². The summed E-state index contributed by atoms with van der Waals surface area (Å²) in [4.78, 5) is 2.82. The summed E-state index contributed by atoms with van der Waals surface area (Å²) in [6.45, 7) is 3.08. The SMILES string of the molecule is COc1ccc(-c2ccc(CN)cc2)cc1C1CCN(C2CC3CCC(C3)C2)CC1. The largest absolute Gasteiger partial charge is 0.496 e. The van der Waals surface area contributed by atoms with Gasteiger partial charge in [-0.25, -0.2) is 0 Å². The highest BCUT2D eigenvalue weighted by Gasteiger charge is 2.37. The second-order valence-electron chi connectivity index (χ2n) is 9.84. The fourth-order valence-electron chi connectivity index (χ4n) is 6.41. The Morgan fingerprint density at radius 3 is 2.17 bits per heavy atom. The summed E-state index contributed by atoms with van der Waals surface area (Å²) in [5.74, 6) is 3.69. The molecule has 2 atom stereocenters. The van der Waals surface area contributed by atoms with E-state index < -0.39 is 0 Å². The predicted octanol–water partition coefficient (Wildman–Crippen LogP) is 5.58. The number of ether oxygens (including phenoxy) is 1. The van der Waals surface area contributed by atoms with Crippen LogP contribution < -0.4 is 10.5 Å². The molecule has 3 heteroatoms. The zero-order valence-electron chi connectivity index (χ0n) is 18.4. The number of piperidine rings is 1. The first-order valence-corrected chi connectivity index (χ1v) is 11.9. The van der Waals surface area contributed by atoms with Crippen LogP contribution in [0.25, 0.3) is 11.1 Å². The van der Waals surface area contributed by atoms with E-state index in [2.05, 4.69) is 47.4 Å². The van der Waals surface area contributed by atoms with E-state index in [-0.39, 0.29) is 0 Å². The number of nitrogens with two attached hydrogens (primary N) is 1. The molecule has 2 N–H and O–H groups in total. The van der Waals surface area contributed by atoms with Crippen LogP contribution in [-0.4, -0.2) is 31.1 Å². The highest BCUT2D eigenvalue weighted by atomic mass is 16.5. The van der Waals surface area contributed by atoms with E-state index >= 15 is 0 Å². The summed E-state index contributed by atoms with van der Waals surface area (Å²) >= 11 is 0. The van der Waals surface area contributed by atoms with Crippen molar-refractivity contribution in [1.82, 2.24) is 4.90 Å². The van der Waals surface area contributed by atoms with Gasteiger partial charge in [-0.2, -0.15) is 0 Å². The third-order valence-electron chi connectivity index (χ3n) is 8.10. The molecular formula is C27H36N2O. The van der Waals surface area contributed by atoms with Crippen LogP contribution in [0, 0.1) is 11.8 Å². The molecule has 3 aliphatic rings. The van der Waals surface area contributed by atoms with E-state index in [4.69, 9.17) is 10.5 Å². The summed E-state index contributed by atoms with van der Waals surface area (Å²) in [6, 6.07) is 16.2. The average Bonchev–Trinajstić information content (AvgIpc) is 3.16. The molecule has 30 heavy (non-hydrogen) atoms. The fourth-order valence-corrected chi connectivity index (χ4v) is 6.41. The molecule has 0 aromatic heterocycles. The standard InChI is InChI=1S/C27H36N2O/c1-30-27-9-8-24(22-6-4-19(18-28)5-7-22)17-26(27)23-10-12-29(13-11-23)25-15-20-2-3-21(14-20)16-25/h4-9,17,20-21,23,25H,2-3,10-16,18,28H2,1H3. The van der Waals surface area contributed by atoms with E-state index in [0.717, 1.165) is 23.6 Å². The van der Waals surface area contributed by atoms with Crippen LogP contribution in [-0.2, 0) is 6.54 Å². The fraction of sp³-hybridized carbons (Fsp3) is 0.556. The van der Waals surface area contributed by atoms with Gasteiger partial charge in [0.15, 0.2) is 0 Å². The smallest absolute Gasteiger partial charge is 0.122 e. The van der Waals surface area contributed by atoms with Crippen LogP contribution in [0.5, 0.6) is 5.75 Å². The van der Waals surface area contributed by atoms with Crippen LogP contribution in [0.3, 0.4) is 0 Å². The minimum atomic E-state index is 0.592. The molecule has 3 fully saturated rings. The summed E-state index contributed by atoms with van der Waals surface area (Å²) in [6.07, 6.45) is 9.91. The van der Waals surface area contributed by atoms with E-state index in [1.807, 2.05) is 7.11 Å². The summed E-state index contributed by atoms with van der Waals surface area (Å²) < 4.78 is 5.78. The summed E-state index contributed by atoms with van der Waals surface area (Å²) in [5, 5.41) is 0. The van der Waals surface area contributed by atoms with Crippen LogP contribution in [0.15, 0.2) is 42.5 Å². The zero-order valence-corrected chi connectivity index (χ0v) is 18.4. The Kier molecular flexibility index (Phi) is 5.84. The number of likely N-dealkylation sites (tertiary alicyclic amines) is 1. The normalized spacial score (nSPS) is 27.3. The van der Waals surface area contributed by atoms with Gasteiger partial charge in [0.05, 0.1) is 7.11 Å². The topological polar surface area (TPSA) is 38.5 Å². The minimum absolute atomic E-state index is 0.592. The molecule has 2 bridgehead atoms. The predicted molar refractivity (Wildman–Crippen MR) is 124 cm³/mol. The number of hydrogen-bond donors (Lipinski definition) is 1. The first kappa shape index (κ1) is 20.1. The molecule has 0 radical (unpaired) electrons. The van der Waals surface area contributed by atoms with Crippen molar-refractivity contribution in [2.45, 2.75) is 63.5 Å². The molecule has 2 aromatic carbocycles. The first-order valence-electron chi connectivity index (χ1n) is 11.9. The maximum absolute atomic E-state index is 5.78. The molecule has 1 heterocycles. The zero-order chi connectivity index (χ0) is 20.5. The number of nitrogens with zero attached hydrogens (tertiary/aromatic N) is 1. The first-order chi connectivity index (χ1) is 14.7. The Morgan fingerprint density at radius 2 is 1.53 bits per heavy atom. The average molecular weight is 405 g/mol. The monoisotopic (exact) mass is 404 g/mol. The Bertz CT molecular complexity index is 842. The lowest BCUT2D eigenvalue weighted by atomic mass is 9.82. The van der Waals surface area contributed by atoms with Crippen molar-refractivity contribution in [3.05, 3.63) is 53.6 Å². The maximum Gasteiger partial charge on any atom is 0.122 e. The highest BCUT2D eigenvalue weighted by Crippen LogP contribution is 2.45. The van der Waals surface area contributed by atoms with Crippen LogP contribution in [0.1, 0.15) is 62.0 Å². The maximum atomic E-state index is 5.78. The Labute approximate surface area is 181 Å². The quantitative estimate of drug-likeness (QED) is 0.707. The number of hydrogen-bond acceptors (Lipinski definition) is 3. The molecule has 0 amide bonds. The molecule has 160 valence electrons. The number of benzene rings is 2. The number of methoxy groups -OCH3 is 1. The molecule has 1 saturated heterocycles. The van der Waals surface area contributed by atoms with E-state index in [0.29, 0.717) is 12.5 Å². The number of fused-ring (bicyclic) bond motifs is 2. The van der Waals surface area contributed by atoms with Crippen molar-refractivity contribution in [2.75, 3.05) is 20.2 Å². The molecule has 2 aliphatic carbocycles. The summed E-state index contributed by atoms with van der Waals surface area (Å²) in [5.41, 5.74) is 10.9. The van der Waals surface area contributed by atoms with Gasteiger partial charge in [-0.1, -0.05) is 43.2 Å². The molecular weight excluding hydrogens is 368 g/mol. The van der Waals surface area contributed by atoms with Crippen molar-refractivity contribution in [3.8, 4) is 16.9 Å². The lowest BCUT2D eigenvalue weighted by Crippen LogP contribution is -2.43. The molecule has 0 spiro atoms. The molecule has 2 aromatic rings. The van der Waals surface area contributed by atoms with Crippen molar-refractivity contribution < 1.29 is 4.74 Å². The van der Waals surface area contributed by atoms with Crippen LogP contribution in [0.4, 0.5) is 0 Å². The van der Waals surface area contributed by atoms with Gasteiger partial charge < -0.3 is 15.4 Å². The Balaban J connectivity index is 1.30. The molecule has 3 nitrogen and oxygen atoms in total. The minimum Gasteiger partial charge on any atom is -0.496 e. The van der Waals surface area contributed by atoms with Gasteiger partial charge >= 0.3 is 0 Å². The third kappa shape index (κ3) is 4.02. The highest BCUT2D eigenvalue weighted by molar-refractivity contribution is 5.66. The van der Waals surface area contributed by atoms with Gasteiger partial charge in [-0.3, -0.25) is 0 Å². The van der Waals surface area contributed by atoms with Gasteiger partial charge in [0, 0.05) is 12.6 Å². The second-order valence-corrected chi connectivity index (χ2v) is 9.84. The molecule has 2 unspecified atom stereocenters.